The van der Waals surface area contributed by atoms with Gasteiger partial charge in [0.15, 0.2) is 23.9 Å². The van der Waals surface area contributed by atoms with Gasteiger partial charge in [-0.3, -0.25) is 9.59 Å². The summed E-state index contributed by atoms with van der Waals surface area (Å²) in [6.07, 6.45) is 0. The Morgan fingerprint density at radius 3 is 2.58 bits per heavy atom. The van der Waals surface area contributed by atoms with E-state index in [1.54, 1.807) is 45.0 Å². The number of amides is 1. The van der Waals surface area contributed by atoms with Crippen LogP contribution in [0.25, 0.3) is 0 Å². The van der Waals surface area contributed by atoms with Gasteiger partial charge in [-0.1, -0.05) is 39.0 Å². The van der Waals surface area contributed by atoms with Crippen molar-refractivity contribution in [1.29, 1.82) is 0 Å². The summed E-state index contributed by atoms with van der Waals surface area (Å²) in [4.78, 5) is 37.3. The second kappa shape index (κ2) is 9.87. The van der Waals surface area contributed by atoms with E-state index in [1.807, 2.05) is 18.2 Å². The number of ketones is 1. The van der Waals surface area contributed by atoms with E-state index in [4.69, 9.17) is 14.2 Å². The van der Waals surface area contributed by atoms with E-state index in [-0.39, 0.29) is 30.8 Å². The number of ether oxygens (including phenoxy) is 3. The van der Waals surface area contributed by atoms with Gasteiger partial charge in [0.1, 0.15) is 0 Å². The van der Waals surface area contributed by atoms with Crippen molar-refractivity contribution in [3.8, 4) is 11.5 Å². The van der Waals surface area contributed by atoms with E-state index in [2.05, 4.69) is 5.32 Å². The summed E-state index contributed by atoms with van der Waals surface area (Å²) in [7, 11) is 0. The molecule has 0 fully saturated rings. The highest BCUT2D eigenvalue weighted by Gasteiger charge is 2.23. The van der Waals surface area contributed by atoms with Crippen molar-refractivity contribution in [2.24, 2.45) is 5.41 Å². The van der Waals surface area contributed by atoms with Gasteiger partial charge in [0.2, 0.25) is 12.7 Å². The number of fused-ring (bicyclic) bond motifs is 1. The van der Waals surface area contributed by atoms with Crippen LogP contribution in [0.2, 0.25) is 0 Å². The molecule has 0 bridgehead atoms. The fourth-order valence-electron chi connectivity index (χ4n) is 2.63. The third-order valence-electron chi connectivity index (χ3n) is 4.56. The zero-order valence-corrected chi connectivity index (χ0v) is 18.5. The highest BCUT2D eigenvalue weighted by molar-refractivity contribution is 8.00. The molecule has 0 radical (unpaired) electrons. The van der Waals surface area contributed by atoms with Crippen molar-refractivity contribution >= 4 is 29.4 Å². The number of hydrogen-bond donors (Lipinski definition) is 1. The monoisotopic (exact) mass is 443 g/mol. The fraction of sp³-hybridized carbons (Fsp3) is 0.348. The lowest BCUT2D eigenvalue weighted by atomic mass is 9.91. The van der Waals surface area contributed by atoms with Crippen LogP contribution in [0.5, 0.6) is 11.5 Å². The Kier molecular flexibility index (Phi) is 7.22. The third-order valence-corrected chi connectivity index (χ3v) is 5.64. The van der Waals surface area contributed by atoms with Crippen molar-refractivity contribution in [3.63, 3.8) is 0 Å². The average molecular weight is 444 g/mol. The Hall–Kier alpha value is -3.00. The summed E-state index contributed by atoms with van der Waals surface area (Å²) < 4.78 is 15.8. The molecule has 31 heavy (non-hydrogen) atoms. The van der Waals surface area contributed by atoms with E-state index in [9.17, 15) is 14.4 Å². The molecule has 0 atom stereocenters. The van der Waals surface area contributed by atoms with Crippen LogP contribution in [-0.4, -0.2) is 36.8 Å². The SMILES string of the molecule is CC(C)(C)C(=O)COC(=O)c1ccccc1SCC(=O)NCc1ccc2c(c1)OCO2. The molecule has 0 aliphatic carbocycles. The van der Waals surface area contributed by atoms with Crippen LogP contribution >= 0.6 is 11.8 Å². The van der Waals surface area contributed by atoms with Gasteiger partial charge < -0.3 is 19.5 Å². The number of nitrogens with one attached hydrogen (secondary N) is 1. The molecular weight excluding hydrogens is 418 g/mol. The average Bonchev–Trinajstić information content (AvgIpc) is 3.21. The van der Waals surface area contributed by atoms with Gasteiger partial charge in [0, 0.05) is 16.9 Å². The van der Waals surface area contributed by atoms with Crippen LogP contribution in [0.4, 0.5) is 0 Å². The molecule has 7 nitrogen and oxygen atoms in total. The van der Waals surface area contributed by atoms with Crippen molar-refractivity contribution in [3.05, 3.63) is 53.6 Å². The minimum atomic E-state index is -0.582. The Bertz CT molecular complexity index is 982. The second-order valence-corrected chi connectivity index (χ2v) is 9.02. The van der Waals surface area contributed by atoms with Crippen molar-refractivity contribution in [2.45, 2.75) is 32.2 Å². The maximum absolute atomic E-state index is 12.4. The van der Waals surface area contributed by atoms with E-state index in [0.717, 1.165) is 5.56 Å². The minimum absolute atomic E-state index is 0.135. The summed E-state index contributed by atoms with van der Waals surface area (Å²) >= 11 is 1.24. The molecule has 0 aromatic heterocycles. The van der Waals surface area contributed by atoms with Gasteiger partial charge in [0.25, 0.3) is 0 Å². The van der Waals surface area contributed by atoms with E-state index >= 15 is 0 Å². The zero-order chi connectivity index (χ0) is 22.4. The lowest BCUT2D eigenvalue weighted by Crippen LogP contribution is -2.26. The number of hydrogen-bond acceptors (Lipinski definition) is 7. The molecule has 1 heterocycles. The standard InChI is InChI=1S/C23H25NO6S/c1-23(2,3)20(25)12-28-22(27)16-6-4-5-7-19(16)31-13-21(26)24-11-15-8-9-17-18(10-15)30-14-29-17/h4-10H,11-14H2,1-3H3,(H,24,26). The minimum Gasteiger partial charge on any atom is -0.454 e. The number of benzene rings is 2. The molecule has 1 aliphatic rings. The first-order valence-electron chi connectivity index (χ1n) is 9.81. The highest BCUT2D eigenvalue weighted by Crippen LogP contribution is 2.32. The largest absolute Gasteiger partial charge is 0.454 e. The number of esters is 1. The molecule has 2 aromatic carbocycles. The summed E-state index contributed by atoms with van der Waals surface area (Å²) in [6, 6.07) is 12.4. The molecule has 8 heteroatoms. The molecular formula is C23H25NO6S. The van der Waals surface area contributed by atoms with E-state index < -0.39 is 11.4 Å². The zero-order valence-electron chi connectivity index (χ0n) is 17.7. The Morgan fingerprint density at radius 2 is 1.81 bits per heavy atom. The second-order valence-electron chi connectivity index (χ2n) is 8.00. The van der Waals surface area contributed by atoms with Gasteiger partial charge in [-0.05, 0) is 29.8 Å². The van der Waals surface area contributed by atoms with Crippen molar-refractivity contribution < 1.29 is 28.6 Å². The van der Waals surface area contributed by atoms with Crippen LogP contribution in [0, 0.1) is 5.41 Å². The molecule has 164 valence electrons. The van der Waals surface area contributed by atoms with Gasteiger partial charge in [-0.25, -0.2) is 4.79 Å². The predicted molar refractivity (Wildman–Crippen MR) is 116 cm³/mol. The van der Waals surface area contributed by atoms with Crippen LogP contribution in [0.15, 0.2) is 47.4 Å². The first-order valence-corrected chi connectivity index (χ1v) is 10.8. The van der Waals surface area contributed by atoms with Crippen molar-refractivity contribution in [1.82, 2.24) is 5.32 Å². The Balaban J connectivity index is 1.51. The van der Waals surface area contributed by atoms with Gasteiger partial charge in [-0.2, -0.15) is 0 Å². The summed E-state index contributed by atoms with van der Waals surface area (Å²) in [5, 5.41) is 2.85. The van der Waals surface area contributed by atoms with Crippen LogP contribution in [0.3, 0.4) is 0 Å². The normalized spacial score (nSPS) is 12.4. The molecule has 1 amide bonds. The maximum Gasteiger partial charge on any atom is 0.339 e. The Morgan fingerprint density at radius 1 is 1.06 bits per heavy atom. The first-order chi connectivity index (χ1) is 14.7. The van der Waals surface area contributed by atoms with E-state index in [0.29, 0.717) is 28.5 Å². The number of rotatable bonds is 8. The van der Waals surface area contributed by atoms with E-state index in [1.165, 1.54) is 11.8 Å². The van der Waals surface area contributed by atoms with Gasteiger partial charge >= 0.3 is 5.97 Å². The highest BCUT2D eigenvalue weighted by atomic mass is 32.2. The summed E-state index contributed by atoms with van der Waals surface area (Å²) in [5.74, 6) is 0.580. The molecule has 0 unspecified atom stereocenters. The smallest absolute Gasteiger partial charge is 0.339 e. The number of thioether (sulfide) groups is 1. The predicted octanol–water partition coefficient (Wildman–Crippen LogP) is 3.60. The lowest BCUT2D eigenvalue weighted by molar-refractivity contribution is -0.129. The number of carbonyl (C=O) groups is 3. The fourth-order valence-corrected chi connectivity index (χ4v) is 3.50. The number of carbonyl (C=O) groups excluding carboxylic acids is 3. The van der Waals surface area contributed by atoms with Crippen molar-refractivity contribution in [2.75, 3.05) is 19.2 Å². The van der Waals surface area contributed by atoms with Gasteiger partial charge in [0.05, 0.1) is 11.3 Å². The molecule has 0 spiro atoms. The van der Waals surface area contributed by atoms with Crippen LogP contribution in [0.1, 0.15) is 36.7 Å². The van der Waals surface area contributed by atoms with Crippen LogP contribution < -0.4 is 14.8 Å². The van der Waals surface area contributed by atoms with Crippen LogP contribution in [-0.2, 0) is 20.9 Å². The molecule has 1 N–H and O–H groups in total. The lowest BCUT2D eigenvalue weighted by Gasteiger charge is -2.16. The summed E-state index contributed by atoms with van der Waals surface area (Å²) in [6.45, 7) is 5.60. The molecule has 3 rings (SSSR count). The number of Topliss-reactive ketones (excluding diaryl/α,β-unsaturated/α-hetero) is 1. The maximum atomic E-state index is 12.4. The molecule has 0 saturated heterocycles. The summed E-state index contributed by atoms with van der Waals surface area (Å²) in [5.41, 5.74) is 0.651. The van der Waals surface area contributed by atoms with Gasteiger partial charge in [-0.15, -0.1) is 11.8 Å². The molecule has 0 saturated carbocycles. The first kappa shape index (κ1) is 22.7. The third kappa shape index (κ3) is 6.24. The topological polar surface area (TPSA) is 90.9 Å². The molecule has 2 aromatic rings. The Labute approximate surface area is 185 Å². The quantitative estimate of drug-likeness (QED) is 0.492. The molecule has 1 aliphatic heterocycles.